The fourth-order valence-electron chi connectivity index (χ4n) is 13.3. The van der Waals surface area contributed by atoms with Gasteiger partial charge in [0.2, 0.25) is 0 Å². The number of hydrogen-bond acceptors (Lipinski definition) is 4. The van der Waals surface area contributed by atoms with E-state index in [2.05, 4.69) is 241 Å². The number of fused-ring (bicyclic) bond motifs is 10. The molecule has 0 spiro atoms. The minimum atomic E-state index is -0.0549. The molecule has 4 aliphatic rings. The Morgan fingerprint density at radius 3 is 1.91 bits per heavy atom. The van der Waals surface area contributed by atoms with Gasteiger partial charge in [0.1, 0.15) is 0 Å². The fraction of sp³-hybridized carbons (Fsp3) is 0.262. The maximum absolute atomic E-state index is 2.75. The van der Waals surface area contributed by atoms with E-state index in [-0.39, 0.29) is 28.5 Å². The molecule has 5 heteroatoms. The molecule has 346 valence electrons. The molecule has 2 atom stereocenters. The highest BCUT2D eigenvalue weighted by atomic mass is 32.1. The molecule has 1 saturated carbocycles. The van der Waals surface area contributed by atoms with Gasteiger partial charge in [-0.2, -0.15) is 0 Å². The van der Waals surface area contributed by atoms with Crippen molar-refractivity contribution in [2.75, 3.05) is 14.7 Å². The van der Waals surface area contributed by atoms with Crippen LogP contribution < -0.4 is 31.1 Å². The second-order valence-electron chi connectivity index (χ2n) is 23.4. The van der Waals surface area contributed by atoms with Gasteiger partial charge < -0.3 is 14.7 Å². The average Bonchev–Trinajstić information content (AvgIpc) is 3.82. The Bertz CT molecular complexity index is 3610. The van der Waals surface area contributed by atoms with Crippen LogP contribution >= 0.6 is 11.3 Å². The van der Waals surface area contributed by atoms with Crippen molar-refractivity contribution in [2.24, 2.45) is 0 Å². The zero-order valence-corrected chi connectivity index (χ0v) is 43.1. The molecule has 70 heavy (non-hydrogen) atoms. The number of hydrogen-bond donors (Lipinski definition) is 0. The Kier molecular flexibility index (Phi) is 9.45. The van der Waals surface area contributed by atoms with E-state index in [1.807, 2.05) is 11.3 Å². The maximum Gasteiger partial charge on any atom is 0.252 e. The Labute approximate surface area is 419 Å². The molecular formula is C65H62BN3S. The van der Waals surface area contributed by atoms with Crippen molar-refractivity contribution in [3.63, 3.8) is 0 Å². The molecule has 3 aliphatic heterocycles. The predicted molar refractivity (Wildman–Crippen MR) is 304 cm³/mol. The highest BCUT2D eigenvalue weighted by Gasteiger charge is 2.58. The summed E-state index contributed by atoms with van der Waals surface area (Å²) < 4.78 is 2.64. The lowest BCUT2D eigenvalue weighted by atomic mass is 9.33. The summed E-state index contributed by atoms with van der Waals surface area (Å²) in [5.41, 5.74) is 21.9. The summed E-state index contributed by atoms with van der Waals surface area (Å²) in [4.78, 5) is 8.04. The Morgan fingerprint density at radius 1 is 0.500 bits per heavy atom. The second-order valence-corrected chi connectivity index (χ2v) is 24.5. The first kappa shape index (κ1) is 43.5. The first-order chi connectivity index (χ1) is 33.6. The van der Waals surface area contributed by atoms with Crippen molar-refractivity contribution in [2.45, 2.75) is 110 Å². The molecule has 0 N–H and O–H groups in total. The topological polar surface area (TPSA) is 9.72 Å². The normalized spacial score (nSPS) is 19.3. The van der Waals surface area contributed by atoms with Crippen LogP contribution in [0.3, 0.4) is 0 Å². The van der Waals surface area contributed by atoms with Gasteiger partial charge in [0.25, 0.3) is 6.71 Å². The van der Waals surface area contributed by atoms with E-state index in [9.17, 15) is 0 Å². The molecule has 1 aliphatic carbocycles. The Morgan fingerprint density at radius 2 is 1.13 bits per heavy atom. The summed E-state index contributed by atoms with van der Waals surface area (Å²) in [7, 11) is 0. The number of anilines is 8. The summed E-state index contributed by atoms with van der Waals surface area (Å²) in [5.74, 6) is 0. The highest BCUT2D eigenvalue weighted by molar-refractivity contribution is 7.25. The van der Waals surface area contributed by atoms with E-state index in [1.54, 1.807) is 0 Å². The van der Waals surface area contributed by atoms with Gasteiger partial charge in [-0.25, -0.2) is 0 Å². The third kappa shape index (κ3) is 6.26. The number of nitrogens with zero attached hydrogens (tertiary/aromatic N) is 3. The van der Waals surface area contributed by atoms with Crippen molar-refractivity contribution in [1.82, 2.24) is 0 Å². The first-order valence-corrected chi connectivity index (χ1v) is 26.5. The number of aryl methyl sites for hydroxylation is 1. The van der Waals surface area contributed by atoms with E-state index < -0.39 is 0 Å². The SMILES string of the molecule is Cc1cc2c3c(c1)N(c1ccc(C(C)(C)C)cc1-c1ccccc1)c1cc(C(C)(C)C)ccc1B3c1ccc(N3c4ccccc4C4(C)CCCCC34C)cc1N2c1ccc2c(c1)sc1ccccc12. The minimum Gasteiger partial charge on any atom is -0.334 e. The Hall–Kier alpha value is -6.56. The van der Waals surface area contributed by atoms with Gasteiger partial charge in [-0.05, 0) is 148 Å². The maximum atomic E-state index is 2.75. The van der Waals surface area contributed by atoms with Gasteiger partial charge >= 0.3 is 0 Å². The van der Waals surface area contributed by atoms with Crippen LogP contribution in [-0.2, 0) is 16.2 Å². The van der Waals surface area contributed by atoms with Crippen molar-refractivity contribution >= 4 is 100 Å². The Balaban J connectivity index is 1.11. The van der Waals surface area contributed by atoms with Crippen molar-refractivity contribution in [3.8, 4) is 11.1 Å². The molecule has 1 fully saturated rings. The molecule has 0 amide bonds. The van der Waals surface area contributed by atoms with Crippen molar-refractivity contribution in [3.05, 3.63) is 186 Å². The van der Waals surface area contributed by atoms with Crippen LogP contribution in [0.1, 0.15) is 103 Å². The van der Waals surface area contributed by atoms with Gasteiger partial charge in [-0.3, -0.25) is 0 Å². The smallest absolute Gasteiger partial charge is 0.252 e. The summed E-state index contributed by atoms with van der Waals surface area (Å²) in [6.45, 7) is 21.4. The summed E-state index contributed by atoms with van der Waals surface area (Å²) in [6.07, 6.45) is 4.88. The van der Waals surface area contributed by atoms with Gasteiger partial charge in [0.05, 0.1) is 11.2 Å². The number of rotatable bonds is 4. The quantitative estimate of drug-likeness (QED) is 0.163. The van der Waals surface area contributed by atoms with E-state index in [0.29, 0.717) is 0 Å². The lowest BCUT2D eigenvalue weighted by molar-refractivity contribution is 0.195. The van der Waals surface area contributed by atoms with Crippen molar-refractivity contribution < 1.29 is 0 Å². The predicted octanol–water partition coefficient (Wildman–Crippen LogP) is 16.4. The largest absolute Gasteiger partial charge is 0.334 e. The average molecular weight is 928 g/mol. The van der Waals surface area contributed by atoms with Crippen LogP contribution in [0.4, 0.5) is 45.5 Å². The second kappa shape index (κ2) is 15.2. The van der Waals surface area contributed by atoms with Crippen LogP contribution in [0.5, 0.6) is 0 Å². The minimum absolute atomic E-state index is 0.00893. The third-order valence-electron chi connectivity index (χ3n) is 17.1. The molecule has 9 aromatic rings. The molecular weight excluding hydrogens is 866 g/mol. The zero-order valence-electron chi connectivity index (χ0n) is 42.2. The van der Waals surface area contributed by atoms with Crippen LogP contribution in [-0.4, -0.2) is 12.3 Å². The third-order valence-corrected chi connectivity index (χ3v) is 18.3. The first-order valence-electron chi connectivity index (χ1n) is 25.7. The number of benzene rings is 8. The van der Waals surface area contributed by atoms with Gasteiger partial charge in [0, 0.05) is 71.0 Å². The monoisotopic (exact) mass is 927 g/mol. The molecule has 0 bridgehead atoms. The van der Waals surface area contributed by atoms with Crippen LogP contribution in [0.15, 0.2) is 164 Å². The molecule has 4 heterocycles. The molecule has 2 unspecified atom stereocenters. The van der Waals surface area contributed by atoms with Gasteiger partial charge in [-0.15, -0.1) is 11.3 Å². The molecule has 0 radical (unpaired) electrons. The molecule has 8 aromatic carbocycles. The highest BCUT2D eigenvalue weighted by Crippen LogP contribution is 2.61. The van der Waals surface area contributed by atoms with Crippen molar-refractivity contribution in [1.29, 1.82) is 0 Å². The summed E-state index contributed by atoms with van der Waals surface area (Å²) >= 11 is 1.90. The standard InChI is InChI=1S/C65H62BN3S/c1-41-35-57-61-58(36-41)68(53-32-26-43(62(2,3)4)37-49(53)42-19-11-10-12-20-42)55-38-44(63(5,6)7)25-30-51(55)66(61)52-31-28-46(69-54-23-15-14-22-50(54)64(8)33-17-18-34-65(64,69)9)39-56(52)67(57)45-27-29-48-47-21-13-16-24-59(47)70-60(48)40-45/h10-16,19-32,35-40H,17-18,33-34H2,1-9H3. The number of thiophene rings is 1. The molecule has 0 saturated heterocycles. The van der Waals surface area contributed by atoms with Gasteiger partial charge in [0.15, 0.2) is 0 Å². The lowest BCUT2D eigenvalue weighted by Gasteiger charge is -2.50. The van der Waals surface area contributed by atoms with Crippen LogP contribution in [0, 0.1) is 6.92 Å². The van der Waals surface area contributed by atoms with E-state index in [4.69, 9.17) is 0 Å². The molecule has 13 rings (SSSR count). The number of para-hydroxylation sites is 1. The van der Waals surface area contributed by atoms with E-state index in [1.165, 1.54) is 135 Å². The van der Waals surface area contributed by atoms with Gasteiger partial charge in [-0.1, -0.05) is 158 Å². The van der Waals surface area contributed by atoms with Crippen LogP contribution in [0.25, 0.3) is 31.3 Å². The molecule has 1 aromatic heterocycles. The lowest BCUT2D eigenvalue weighted by Crippen LogP contribution is -2.61. The summed E-state index contributed by atoms with van der Waals surface area (Å²) in [5, 5.41) is 2.65. The summed E-state index contributed by atoms with van der Waals surface area (Å²) in [6, 6.07) is 63.7. The van der Waals surface area contributed by atoms with Crippen LogP contribution in [0.2, 0.25) is 0 Å². The molecule has 3 nitrogen and oxygen atoms in total. The van der Waals surface area contributed by atoms with E-state index in [0.717, 1.165) is 6.42 Å². The van der Waals surface area contributed by atoms with E-state index >= 15 is 0 Å². The zero-order chi connectivity index (χ0) is 48.1. The fourth-order valence-corrected chi connectivity index (χ4v) is 14.4.